The van der Waals surface area contributed by atoms with Gasteiger partial charge in [0.25, 0.3) is 0 Å². The SMILES string of the molecule is CCC(CC)(CN)C(=O)N1CC(CC(=O)N(C)C)c2cc(Cl)ccc21. The standard InChI is InChI=1S/C19H28ClN3O2/c1-5-19(6-2,12-21)18(25)23-11-13(9-17(24)22(3)4)15-10-14(20)7-8-16(15)23/h7-8,10,13H,5-6,9,11-12,21H2,1-4H3. The Labute approximate surface area is 155 Å². The van der Waals surface area contributed by atoms with Crippen LogP contribution in [-0.4, -0.2) is 43.9 Å². The van der Waals surface area contributed by atoms with Crippen LogP contribution in [0, 0.1) is 5.41 Å². The molecule has 0 aromatic heterocycles. The summed E-state index contributed by atoms with van der Waals surface area (Å²) in [5.41, 5.74) is 7.23. The van der Waals surface area contributed by atoms with Gasteiger partial charge in [0.2, 0.25) is 11.8 Å². The number of rotatable bonds is 6. The average molecular weight is 366 g/mol. The summed E-state index contributed by atoms with van der Waals surface area (Å²) in [6.45, 7) is 4.82. The fraction of sp³-hybridized carbons (Fsp3) is 0.579. The Kier molecular flexibility index (Phi) is 6.12. The van der Waals surface area contributed by atoms with Crippen LogP contribution in [0.1, 0.15) is 44.6 Å². The molecule has 0 aliphatic carbocycles. The molecule has 2 N–H and O–H groups in total. The van der Waals surface area contributed by atoms with Gasteiger partial charge in [-0.3, -0.25) is 9.59 Å². The molecule has 5 nitrogen and oxygen atoms in total. The Morgan fingerprint density at radius 3 is 2.48 bits per heavy atom. The summed E-state index contributed by atoms with van der Waals surface area (Å²) in [5.74, 6) is 0.0430. The van der Waals surface area contributed by atoms with E-state index < -0.39 is 5.41 Å². The van der Waals surface area contributed by atoms with Crippen LogP contribution in [0.2, 0.25) is 5.02 Å². The number of hydrogen-bond acceptors (Lipinski definition) is 3. The molecule has 2 rings (SSSR count). The Morgan fingerprint density at radius 2 is 1.96 bits per heavy atom. The van der Waals surface area contributed by atoms with E-state index >= 15 is 0 Å². The summed E-state index contributed by atoms with van der Waals surface area (Å²) < 4.78 is 0. The van der Waals surface area contributed by atoms with E-state index in [9.17, 15) is 9.59 Å². The van der Waals surface area contributed by atoms with E-state index in [1.165, 1.54) is 0 Å². The zero-order valence-corrected chi connectivity index (χ0v) is 16.3. The van der Waals surface area contributed by atoms with Crippen molar-refractivity contribution in [1.82, 2.24) is 4.90 Å². The highest BCUT2D eigenvalue weighted by molar-refractivity contribution is 6.30. The molecule has 6 heteroatoms. The van der Waals surface area contributed by atoms with Crippen molar-refractivity contribution in [3.05, 3.63) is 28.8 Å². The first kappa shape index (κ1) is 19.7. The maximum Gasteiger partial charge on any atom is 0.234 e. The molecule has 0 bridgehead atoms. The molecule has 138 valence electrons. The van der Waals surface area contributed by atoms with E-state index in [-0.39, 0.29) is 17.7 Å². The lowest BCUT2D eigenvalue weighted by atomic mass is 9.81. The molecule has 1 aromatic carbocycles. The Bertz CT molecular complexity index is 648. The number of nitrogens with two attached hydrogens (primary N) is 1. The fourth-order valence-electron chi connectivity index (χ4n) is 3.49. The molecule has 2 amide bonds. The van der Waals surface area contributed by atoms with Crippen molar-refractivity contribution < 1.29 is 9.59 Å². The summed E-state index contributed by atoms with van der Waals surface area (Å²) in [4.78, 5) is 28.9. The van der Waals surface area contributed by atoms with Crippen LogP contribution < -0.4 is 10.6 Å². The maximum atomic E-state index is 13.3. The quantitative estimate of drug-likeness (QED) is 0.842. The zero-order chi connectivity index (χ0) is 18.8. The number of carbonyl (C=O) groups excluding carboxylic acids is 2. The Balaban J connectivity index is 2.39. The molecular weight excluding hydrogens is 338 g/mol. The van der Waals surface area contributed by atoms with Crippen LogP contribution in [0.3, 0.4) is 0 Å². The number of hydrogen-bond donors (Lipinski definition) is 1. The summed E-state index contributed by atoms with van der Waals surface area (Å²) in [7, 11) is 3.49. The first-order chi connectivity index (χ1) is 11.8. The molecule has 0 radical (unpaired) electrons. The molecule has 1 aliphatic rings. The predicted octanol–water partition coefficient (Wildman–Crippen LogP) is 3.01. The van der Waals surface area contributed by atoms with Crippen molar-refractivity contribution >= 4 is 29.1 Å². The second-order valence-corrected chi connectivity index (χ2v) is 7.44. The van der Waals surface area contributed by atoms with E-state index in [2.05, 4.69) is 0 Å². The monoisotopic (exact) mass is 365 g/mol. The van der Waals surface area contributed by atoms with Crippen LogP contribution >= 0.6 is 11.6 Å². The van der Waals surface area contributed by atoms with E-state index in [0.717, 1.165) is 11.3 Å². The molecule has 0 spiro atoms. The van der Waals surface area contributed by atoms with Crippen molar-refractivity contribution in [1.29, 1.82) is 0 Å². The minimum absolute atomic E-state index is 0.0429. The van der Waals surface area contributed by atoms with Crippen LogP contribution in [0.5, 0.6) is 0 Å². The second kappa shape index (κ2) is 7.75. The molecule has 1 aliphatic heterocycles. The molecule has 0 saturated carbocycles. The zero-order valence-electron chi connectivity index (χ0n) is 15.5. The largest absolute Gasteiger partial charge is 0.349 e. The van der Waals surface area contributed by atoms with Gasteiger partial charge in [-0.1, -0.05) is 25.4 Å². The van der Waals surface area contributed by atoms with E-state index in [4.69, 9.17) is 17.3 Å². The van der Waals surface area contributed by atoms with Crippen LogP contribution in [0.25, 0.3) is 0 Å². The number of halogens is 1. The molecule has 25 heavy (non-hydrogen) atoms. The van der Waals surface area contributed by atoms with Gasteiger partial charge in [0.15, 0.2) is 0 Å². The minimum Gasteiger partial charge on any atom is -0.349 e. The molecule has 1 unspecified atom stereocenters. The smallest absolute Gasteiger partial charge is 0.234 e. The third-order valence-electron chi connectivity index (χ3n) is 5.49. The van der Waals surface area contributed by atoms with Gasteiger partial charge in [0.05, 0.1) is 5.41 Å². The lowest BCUT2D eigenvalue weighted by Crippen LogP contribution is -2.47. The van der Waals surface area contributed by atoms with E-state index in [0.29, 0.717) is 37.4 Å². The van der Waals surface area contributed by atoms with Gasteiger partial charge in [-0.05, 0) is 36.6 Å². The van der Waals surface area contributed by atoms with E-state index in [1.807, 2.05) is 26.0 Å². The highest BCUT2D eigenvalue weighted by Gasteiger charge is 2.42. The highest BCUT2D eigenvalue weighted by Crippen LogP contribution is 2.42. The molecular formula is C19H28ClN3O2. The van der Waals surface area contributed by atoms with Crippen molar-refractivity contribution in [2.24, 2.45) is 11.1 Å². The van der Waals surface area contributed by atoms with Crippen LogP contribution in [0.15, 0.2) is 18.2 Å². The first-order valence-electron chi connectivity index (χ1n) is 8.81. The number of carbonyl (C=O) groups is 2. The second-order valence-electron chi connectivity index (χ2n) is 7.00. The molecule has 1 aromatic rings. The van der Waals surface area contributed by atoms with Crippen molar-refractivity contribution in [3.8, 4) is 0 Å². The average Bonchev–Trinajstić information content (AvgIpc) is 2.94. The van der Waals surface area contributed by atoms with Crippen LogP contribution in [-0.2, 0) is 9.59 Å². The molecule has 1 atom stereocenters. The predicted molar refractivity (Wildman–Crippen MR) is 102 cm³/mol. The normalized spacial score (nSPS) is 16.7. The summed E-state index contributed by atoms with van der Waals surface area (Å²) >= 11 is 6.17. The van der Waals surface area contributed by atoms with Gasteiger partial charge in [-0.2, -0.15) is 0 Å². The number of anilines is 1. The van der Waals surface area contributed by atoms with Crippen molar-refractivity contribution in [2.45, 2.75) is 39.0 Å². The molecule has 0 fully saturated rings. The first-order valence-corrected chi connectivity index (χ1v) is 9.19. The Hall–Kier alpha value is -1.59. The molecule has 0 saturated heterocycles. The van der Waals surface area contributed by atoms with Crippen molar-refractivity contribution in [3.63, 3.8) is 0 Å². The third kappa shape index (κ3) is 3.67. The van der Waals surface area contributed by atoms with Gasteiger partial charge in [-0.25, -0.2) is 0 Å². The number of nitrogens with zero attached hydrogens (tertiary/aromatic N) is 2. The van der Waals surface area contributed by atoms with Crippen molar-refractivity contribution in [2.75, 3.05) is 32.1 Å². The summed E-state index contributed by atoms with van der Waals surface area (Å²) in [6, 6.07) is 5.54. The van der Waals surface area contributed by atoms with E-state index in [1.54, 1.807) is 30.0 Å². The van der Waals surface area contributed by atoms with Gasteiger partial charge >= 0.3 is 0 Å². The number of fused-ring (bicyclic) bond motifs is 1. The molecule has 1 heterocycles. The van der Waals surface area contributed by atoms with Gasteiger partial charge in [0, 0.05) is 50.2 Å². The topological polar surface area (TPSA) is 66.6 Å². The Morgan fingerprint density at radius 1 is 1.32 bits per heavy atom. The number of amides is 2. The lowest BCUT2D eigenvalue weighted by molar-refractivity contribution is -0.130. The van der Waals surface area contributed by atoms with Crippen LogP contribution in [0.4, 0.5) is 5.69 Å². The minimum atomic E-state index is -0.558. The summed E-state index contributed by atoms with van der Waals surface area (Å²) in [6.07, 6.45) is 1.75. The maximum absolute atomic E-state index is 13.3. The fourth-order valence-corrected chi connectivity index (χ4v) is 3.67. The summed E-state index contributed by atoms with van der Waals surface area (Å²) in [5, 5.41) is 0.617. The van der Waals surface area contributed by atoms with Gasteiger partial charge < -0.3 is 15.5 Å². The third-order valence-corrected chi connectivity index (χ3v) is 5.72. The van der Waals surface area contributed by atoms with Gasteiger partial charge in [0.1, 0.15) is 0 Å². The highest BCUT2D eigenvalue weighted by atomic mass is 35.5. The van der Waals surface area contributed by atoms with Gasteiger partial charge in [-0.15, -0.1) is 0 Å². The lowest BCUT2D eigenvalue weighted by Gasteiger charge is -2.33. The number of benzene rings is 1.